The standard InChI is InChI=1S/C16H17N3O5S/c1-9(2)7-12(16(21)22)17-14(20)13-8-25-15(18-13)10-3-5-11(6-4-10)19(23)24/h3-6,8-9,12H,7H2,1-2H3,(H,17,20)(H,21,22). The van der Waals surface area contributed by atoms with E-state index in [0.717, 1.165) is 0 Å². The highest BCUT2D eigenvalue weighted by Crippen LogP contribution is 2.25. The number of nitrogens with zero attached hydrogens (tertiary/aromatic N) is 2. The highest BCUT2D eigenvalue weighted by atomic mass is 32.1. The summed E-state index contributed by atoms with van der Waals surface area (Å²) in [4.78, 5) is 37.8. The number of hydrogen-bond acceptors (Lipinski definition) is 6. The first-order valence-electron chi connectivity index (χ1n) is 7.52. The van der Waals surface area contributed by atoms with Crippen molar-refractivity contribution in [2.45, 2.75) is 26.3 Å². The lowest BCUT2D eigenvalue weighted by Gasteiger charge is -2.15. The van der Waals surface area contributed by atoms with Crippen molar-refractivity contribution >= 4 is 28.9 Å². The minimum atomic E-state index is -1.09. The number of amides is 1. The van der Waals surface area contributed by atoms with Crippen LogP contribution in [-0.4, -0.2) is 32.9 Å². The number of nitrogens with one attached hydrogen (secondary N) is 1. The van der Waals surface area contributed by atoms with Gasteiger partial charge < -0.3 is 10.4 Å². The molecule has 9 heteroatoms. The molecule has 0 aliphatic heterocycles. The highest BCUT2D eigenvalue weighted by Gasteiger charge is 2.23. The molecule has 0 bridgehead atoms. The lowest BCUT2D eigenvalue weighted by molar-refractivity contribution is -0.384. The number of nitro benzene ring substituents is 1. The van der Waals surface area contributed by atoms with E-state index in [1.165, 1.54) is 28.8 Å². The zero-order chi connectivity index (χ0) is 18.6. The second-order valence-corrected chi connectivity index (χ2v) is 6.69. The second kappa shape index (κ2) is 7.84. The van der Waals surface area contributed by atoms with Gasteiger partial charge >= 0.3 is 5.97 Å². The van der Waals surface area contributed by atoms with Gasteiger partial charge in [0.05, 0.1) is 4.92 Å². The van der Waals surface area contributed by atoms with Crippen LogP contribution in [0.2, 0.25) is 0 Å². The summed E-state index contributed by atoms with van der Waals surface area (Å²) in [5.74, 6) is -1.53. The molecule has 8 nitrogen and oxygen atoms in total. The second-order valence-electron chi connectivity index (χ2n) is 5.84. The molecule has 0 aliphatic rings. The van der Waals surface area contributed by atoms with E-state index in [9.17, 15) is 24.8 Å². The maximum Gasteiger partial charge on any atom is 0.326 e. The van der Waals surface area contributed by atoms with Crippen LogP contribution in [0.1, 0.15) is 30.8 Å². The Morgan fingerprint density at radius 2 is 1.96 bits per heavy atom. The topological polar surface area (TPSA) is 122 Å². The lowest BCUT2D eigenvalue weighted by atomic mass is 10.0. The van der Waals surface area contributed by atoms with Crippen molar-refractivity contribution in [1.82, 2.24) is 10.3 Å². The van der Waals surface area contributed by atoms with Crippen LogP contribution in [0.4, 0.5) is 5.69 Å². The van der Waals surface area contributed by atoms with Crippen LogP contribution in [-0.2, 0) is 4.79 Å². The predicted octanol–water partition coefficient (Wildman–Crippen LogP) is 2.95. The molecule has 2 N–H and O–H groups in total. The van der Waals surface area contributed by atoms with Crippen molar-refractivity contribution in [3.63, 3.8) is 0 Å². The molecule has 1 unspecified atom stereocenters. The van der Waals surface area contributed by atoms with Gasteiger partial charge in [-0.25, -0.2) is 9.78 Å². The smallest absolute Gasteiger partial charge is 0.326 e. The van der Waals surface area contributed by atoms with Crippen LogP contribution in [0.25, 0.3) is 10.6 Å². The van der Waals surface area contributed by atoms with Gasteiger partial charge in [0.15, 0.2) is 0 Å². The third-order valence-electron chi connectivity index (χ3n) is 3.37. The largest absolute Gasteiger partial charge is 0.480 e. The Balaban J connectivity index is 2.12. The Hall–Kier alpha value is -2.81. The number of carboxylic acid groups (broad SMARTS) is 1. The van der Waals surface area contributed by atoms with E-state index in [4.69, 9.17) is 0 Å². The SMILES string of the molecule is CC(C)CC(NC(=O)c1csc(-c2ccc([N+](=O)[O-])cc2)n1)C(=O)O. The molecule has 2 rings (SSSR count). The van der Waals surface area contributed by atoms with Crippen LogP contribution in [0.15, 0.2) is 29.6 Å². The predicted molar refractivity (Wildman–Crippen MR) is 92.5 cm³/mol. The molecule has 0 saturated heterocycles. The van der Waals surface area contributed by atoms with Crippen molar-refractivity contribution in [2.75, 3.05) is 0 Å². The number of aliphatic carboxylic acids is 1. The molecule has 0 spiro atoms. The minimum absolute atomic E-state index is 0.0312. The van der Waals surface area contributed by atoms with E-state index >= 15 is 0 Å². The summed E-state index contributed by atoms with van der Waals surface area (Å²) in [6, 6.07) is 4.85. The molecular formula is C16H17N3O5S. The molecule has 0 radical (unpaired) electrons. The number of aromatic nitrogens is 1. The Kier molecular flexibility index (Phi) is 5.81. The molecule has 1 aromatic heterocycles. The molecule has 1 aromatic carbocycles. The van der Waals surface area contributed by atoms with Gasteiger partial charge in [-0.1, -0.05) is 13.8 Å². The van der Waals surface area contributed by atoms with Crippen LogP contribution < -0.4 is 5.32 Å². The van der Waals surface area contributed by atoms with Gasteiger partial charge in [0.1, 0.15) is 16.7 Å². The van der Waals surface area contributed by atoms with Gasteiger partial charge in [0.2, 0.25) is 0 Å². The maximum absolute atomic E-state index is 12.2. The van der Waals surface area contributed by atoms with Crippen molar-refractivity contribution < 1.29 is 19.6 Å². The molecule has 0 fully saturated rings. The summed E-state index contributed by atoms with van der Waals surface area (Å²) in [6.45, 7) is 3.75. The summed E-state index contributed by atoms with van der Waals surface area (Å²) in [5.41, 5.74) is 0.733. The molecule has 25 heavy (non-hydrogen) atoms. The molecule has 0 aliphatic carbocycles. The molecule has 132 valence electrons. The third-order valence-corrected chi connectivity index (χ3v) is 4.26. The molecular weight excluding hydrogens is 346 g/mol. The van der Waals surface area contributed by atoms with Gasteiger partial charge in [0.25, 0.3) is 11.6 Å². The highest BCUT2D eigenvalue weighted by molar-refractivity contribution is 7.13. The van der Waals surface area contributed by atoms with Crippen molar-refractivity contribution in [3.05, 3.63) is 45.5 Å². The van der Waals surface area contributed by atoms with E-state index in [0.29, 0.717) is 17.0 Å². The normalized spacial score (nSPS) is 12.0. The summed E-state index contributed by atoms with van der Waals surface area (Å²) in [6.07, 6.45) is 0.320. The van der Waals surface area contributed by atoms with Gasteiger partial charge in [0, 0.05) is 23.1 Å². The van der Waals surface area contributed by atoms with Gasteiger partial charge in [-0.2, -0.15) is 0 Å². The fourth-order valence-corrected chi connectivity index (χ4v) is 2.97. The van der Waals surface area contributed by atoms with Gasteiger partial charge in [-0.15, -0.1) is 11.3 Å². The Bertz CT molecular complexity index is 785. The van der Waals surface area contributed by atoms with Crippen LogP contribution in [0, 0.1) is 16.0 Å². The number of carbonyl (C=O) groups excluding carboxylic acids is 1. The third kappa shape index (κ3) is 4.83. The minimum Gasteiger partial charge on any atom is -0.480 e. The number of rotatable bonds is 7. The van der Waals surface area contributed by atoms with Crippen LogP contribution in [0.3, 0.4) is 0 Å². The summed E-state index contributed by atoms with van der Waals surface area (Å²) in [7, 11) is 0. The van der Waals surface area contributed by atoms with E-state index in [1.54, 1.807) is 12.1 Å². The number of benzene rings is 1. The van der Waals surface area contributed by atoms with Crippen molar-refractivity contribution in [1.29, 1.82) is 0 Å². The van der Waals surface area contributed by atoms with Crippen LogP contribution >= 0.6 is 11.3 Å². The molecule has 1 heterocycles. The number of non-ortho nitro benzene ring substituents is 1. The zero-order valence-electron chi connectivity index (χ0n) is 13.6. The molecule has 1 atom stereocenters. The maximum atomic E-state index is 12.2. The molecule has 2 aromatic rings. The summed E-state index contributed by atoms with van der Waals surface area (Å²) >= 11 is 1.21. The quantitative estimate of drug-likeness (QED) is 0.576. The number of nitro groups is 1. The van der Waals surface area contributed by atoms with Crippen LogP contribution in [0.5, 0.6) is 0 Å². The fraction of sp³-hybridized carbons (Fsp3) is 0.312. The molecule has 0 saturated carbocycles. The summed E-state index contributed by atoms with van der Waals surface area (Å²) < 4.78 is 0. The van der Waals surface area contributed by atoms with E-state index in [2.05, 4.69) is 10.3 Å². The van der Waals surface area contributed by atoms with E-state index in [-0.39, 0.29) is 17.3 Å². The first-order valence-corrected chi connectivity index (χ1v) is 8.40. The number of thiazole rings is 1. The Morgan fingerprint density at radius 1 is 1.32 bits per heavy atom. The van der Waals surface area contributed by atoms with Crippen molar-refractivity contribution in [2.24, 2.45) is 5.92 Å². The Morgan fingerprint density at radius 3 is 2.48 bits per heavy atom. The average Bonchev–Trinajstić information content (AvgIpc) is 3.03. The monoisotopic (exact) mass is 363 g/mol. The Labute approximate surface area is 147 Å². The first-order chi connectivity index (χ1) is 11.8. The lowest BCUT2D eigenvalue weighted by Crippen LogP contribution is -2.41. The number of carboxylic acids is 1. The van der Waals surface area contributed by atoms with Gasteiger partial charge in [-0.05, 0) is 24.5 Å². The first kappa shape index (κ1) is 18.5. The van der Waals surface area contributed by atoms with E-state index < -0.39 is 22.8 Å². The number of carbonyl (C=O) groups is 2. The van der Waals surface area contributed by atoms with Crippen molar-refractivity contribution in [3.8, 4) is 10.6 Å². The average molecular weight is 363 g/mol. The molecule has 1 amide bonds. The van der Waals surface area contributed by atoms with Gasteiger partial charge in [-0.3, -0.25) is 14.9 Å². The zero-order valence-corrected chi connectivity index (χ0v) is 14.4. The number of hydrogen-bond donors (Lipinski definition) is 2. The summed E-state index contributed by atoms with van der Waals surface area (Å²) in [5, 5.41) is 24.4. The van der Waals surface area contributed by atoms with E-state index in [1.807, 2.05) is 13.8 Å². The fourth-order valence-electron chi connectivity index (χ4n) is 2.16.